The van der Waals surface area contributed by atoms with Gasteiger partial charge in [0.05, 0.1) is 22.9 Å². The Morgan fingerprint density at radius 2 is 2.00 bits per heavy atom. The number of fused-ring (bicyclic) bond motifs is 3. The van der Waals surface area contributed by atoms with Crippen molar-refractivity contribution in [2.75, 3.05) is 7.05 Å². The number of aromatic nitrogens is 2. The molecule has 5 rings (SSSR count). The lowest BCUT2D eigenvalue weighted by Crippen LogP contribution is -2.48. The summed E-state index contributed by atoms with van der Waals surface area (Å²) in [5, 5.41) is 8.58. The SMILES string of the molecule is CC(C)c1noc2nc(-c3ccco3)cc(C(=O)N(C)C3CC4CCC(C3)N4)c12.Cl. The second kappa shape index (κ2) is 8.04. The minimum absolute atomic E-state index is 0. The van der Waals surface area contributed by atoms with E-state index < -0.39 is 0 Å². The number of piperidine rings is 1. The van der Waals surface area contributed by atoms with Crippen LogP contribution >= 0.6 is 12.4 Å². The molecule has 160 valence electrons. The Bertz CT molecular complexity index is 1030. The van der Waals surface area contributed by atoms with E-state index in [4.69, 9.17) is 8.94 Å². The van der Waals surface area contributed by atoms with E-state index in [9.17, 15) is 4.79 Å². The molecular weight excluding hydrogens is 404 g/mol. The van der Waals surface area contributed by atoms with Crippen molar-refractivity contribution in [1.29, 1.82) is 0 Å². The molecule has 2 fully saturated rings. The summed E-state index contributed by atoms with van der Waals surface area (Å²) in [6.07, 6.45) is 6.00. The van der Waals surface area contributed by atoms with Crippen LogP contribution in [0.5, 0.6) is 0 Å². The standard InChI is InChI=1S/C22H26N4O3.ClH/c1-12(2)20-19-16(11-17(18-5-4-8-28-18)24-21(19)29-25-20)22(27)26(3)15-9-13-6-7-14(10-15)23-13;/h4-5,8,11-15,23H,6-7,9-10H2,1-3H3;1H. The predicted octanol–water partition coefficient (Wildman–Crippen LogP) is 4.38. The highest BCUT2D eigenvalue weighted by Crippen LogP contribution is 2.34. The number of nitrogens with zero attached hydrogens (tertiary/aromatic N) is 3. The zero-order valence-electron chi connectivity index (χ0n) is 17.4. The zero-order chi connectivity index (χ0) is 20.1. The quantitative estimate of drug-likeness (QED) is 0.661. The van der Waals surface area contributed by atoms with Crippen molar-refractivity contribution in [1.82, 2.24) is 20.4 Å². The van der Waals surface area contributed by atoms with Crippen LogP contribution in [0.15, 0.2) is 33.4 Å². The Morgan fingerprint density at radius 1 is 1.27 bits per heavy atom. The van der Waals surface area contributed by atoms with Gasteiger partial charge < -0.3 is 19.2 Å². The second-order valence-electron chi connectivity index (χ2n) is 8.61. The van der Waals surface area contributed by atoms with Crippen LogP contribution in [0.25, 0.3) is 22.6 Å². The summed E-state index contributed by atoms with van der Waals surface area (Å²) < 4.78 is 11.0. The van der Waals surface area contributed by atoms with Gasteiger partial charge in [-0.1, -0.05) is 19.0 Å². The molecule has 1 N–H and O–H groups in total. The molecule has 2 aliphatic heterocycles. The summed E-state index contributed by atoms with van der Waals surface area (Å²) in [6, 6.07) is 6.73. The maximum Gasteiger partial charge on any atom is 0.259 e. The van der Waals surface area contributed by atoms with Crippen LogP contribution in [0.1, 0.15) is 61.5 Å². The number of carbonyl (C=O) groups is 1. The van der Waals surface area contributed by atoms with Crippen LogP contribution in [0, 0.1) is 0 Å². The van der Waals surface area contributed by atoms with Crippen LogP contribution in [-0.4, -0.2) is 46.1 Å². The highest BCUT2D eigenvalue weighted by Gasteiger charge is 2.37. The van der Waals surface area contributed by atoms with Crippen molar-refractivity contribution >= 4 is 29.4 Å². The summed E-state index contributed by atoms with van der Waals surface area (Å²) in [5.41, 5.74) is 2.31. The molecule has 2 aliphatic rings. The average Bonchev–Trinajstić information content (AvgIpc) is 3.45. The van der Waals surface area contributed by atoms with Gasteiger partial charge in [-0.2, -0.15) is 0 Å². The molecule has 0 aromatic carbocycles. The first-order chi connectivity index (χ1) is 14.0. The molecule has 0 radical (unpaired) electrons. The molecule has 3 aromatic rings. The van der Waals surface area contributed by atoms with Crippen molar-refractivity contribution in [3.63, 3.8) is 0 Å². The first-order valence-corrected chi connectivity index (χ1v) is 10.4. The predicted molar refractivity (Wildman–Crippen MR) is 116 cm³/mol. The van der Waals surface area contributed by atoms with E-state index in [1.165, 1.54) is 12.8 Å². The Kier molecular flexibility index (Phi) is 5.59. The minimum atomic E-state index is -0.0124. The van der Waals surface area contributed by atoms with Gasteiger partial charge in [-0.25, -0.2) is 4.98 Å². The van der Waals surface area contributed by atoms with Gasteiger partial charge in [0.15, 0.2) is 5.76 Å². The molecule has 0 spiro atoms. The van der Waals surface area contributed by atoms with Gasteiger partial charge in [-0.05, 0) is 49.8 Å². The summed E-state index contributed by atoms with van der Waals surface area (Å²) in [7, 11) is 1.92. The number of nitrogens with one attached hydrogen (secondary N) is 1. The fourth-order valence-electron chi connectivity index (χ4n) is 4.79. The molecule has 0 saturated carbocycles. The first-order valence-electron chi connectivity index (χ1n) is 10.4. The van der Waals surface area contributed by atoms with Crippen molar-refractivity contribution in [3.05, 3.63) is 35.7 Å². The number of hydrogen-bond acceptors (Lipinski definition) is 6. The highest BCUT2D eigenvalue weighted by molar-refractivity contribution is 6.07. The monoisotopic (exact) mass is 430 g/mol. The Balaban J connectivity index is 0.00000218. The lowest BCUT2D eigenvalue weighted by Gasteiger charge is -2.35. The minimum Gasteiger partial charge on any atom is -0.463 e. The largest absolute Gasteiger partial charge is 0.463 e. The van der Waals surface area contributed by atoms with Crippen LogP contribution in [-0.2, 0) is 0 Å². The second-order valence-corrected chi connectivity index (χ2v) is 8.61. The lowest BCUT2D eigenvalue weighted by molar-refractivity contribution is 0.0683. The van der Waals surface area contributed by atoms with Crippen molar-refractivity contribution in [2.45, 2.75) is 63.6 Å². The fraction of sp³-hybridized carbons (Fsp3) is 0.500. The number of halogens is 1. The summed E-state index contributed by atoms with van der Waals surface area (Å²) in [6.45, 7) is 4.08. The maximum absolute atomic E-state index is 13.7. The first kappa shape index (κ1) is 20.9. The third-order valence-electron chi connectivity index (χ3n) is 6.34. The molecule has 3 aromatic heterocycles. The van der Waals surface area contributed by atoms with Crippen LogP contribution in [0.3, 0.4) is 0 Å². The molecule has 2 atom stereocenters. The highest BCUT2D eigenvalue weighted by atomic mass is 35.5. The molecule has 2 bridgehead atoms. The van der Waals surface area contributed by atoms with Crippen molar-refractivity contribution < 1.29 is 13.7 Å². The number of hydrogen-bond donors (Lipinski definition) is 1. The Labute approximate surface area is 181 Å². The van der Waals surface area contributed by atoms with Crippen LogP contribution in [0.2, 0.25) is 0 Å². The lowest BCUT2D eigenvalue weighted by atomic mass is 9.96. The molecule has 1 amide bonds. The molecule has 0 aliphatic carbocycles. The van der Waals surface area contributed by atoms with E-state index >= 15 is 0 Å². The molecule has 7 nitrogen and oxygen atoms in total. The average molecular weight is 431 g/mol. The third kappa shape index (κ3) is 3.50. The van der Waals surface area contributed by atoms with Crippen LogP contribution in [0.4, 0.5) is 0 Å². The number of amides is 1. The normalized spacial score (nSPS) is 23.0. The Morgan fingerprint density at radius 3 is 2.63 bits per heavy atom. The van der Waals surface area contributed by atoms with E-state index in [1.807, 2.05) is 37.9 Å². The van der Waals surface area contributed by atoms with Crippen molar-refractivity contribution in [3.8, 4) is 11.5 Å². The number of furan rings is 1. The van der Waals surface area contributed by atoms with Gasteiger partial charge in [-0.15, -0.1) is 12.4 Å². The smallest absolute Gasteiger partial charge is 0.259 e. The molecule has 30 heavy (non-hydrogen) atoms. The van der Waals surface area contributed by atoms with E-state index in [0.29, 0.717) is 40.2 Å². The van der Waals surface area contributed by atoms with E-state index in [1.54, 1.807) is 12.3 Å². The van der Waals surface area contributed by atoms with Gasteiger partial charge in [0.25, 0.3) is 11.6 Å². The maximum atomic E-state index is 13.7. The Hall–Kier alpha value is -2.38. The van der Waals surface area contributed by atoms with E-state index in [-0.39, 0.29) is 30.3 Å². The number of rotatable bonds is 4. The van der Waals surface area contributed by atoms with Gasteiger partial charge in [0.1, 0.15) is 5.69 Å². The number of pyridine rings is 1. The molecular formula is C22H27ClN4O3. The van der Waals surface area contributed by atoms with E-state index in [2.05, 4.69) is 15.5 Å². The fourth-order valence-corrected chi connectivity index (χ4v) is 4.79. The van der Waals surface area contributed by atoms with Gasteiger partial charge in [0, 0.05) is 25.2 Å². The summed E-state index contributed by atoms with van der Waals surface area (Å²) in [4.78, 5) is 20.1. The summed E-state index contributed by atoms with van der Waals surface area (Å²) in [5.74, 6) is 0.715. The molecule has 5 heterocycles. The molecule has 2 saturated heterocycles. The van der Waals surface area contributed by atoms with Gasteiger partial charge >= 0.3 is 0 Å². The van der Waals surface area contributed by atoms with E-state index in [0.717, 1.165) is 18.5 Å². The van der Waals surface area contributed by atoms with Gasteiger partial charge in [-0.3, -0.25) is 4.79 Å². The van der Waals surface area contributed by atoms with Crippen LogP contribution < -0.4 is 5.32 Å². The third-order valence-corrected chi connectivity index (χ3v) is 6.34. The molecule has 2 unspecified atom stereocenters. The molecule has 8 heteroatoms. The van der Waals surface area contributed by atoms with Crippen molar-refractivity contribution in [2.24, 2.45) is 0 Å². The summed E-state index contributed by atoms with van der Waals surface area (Å²) >= 11 is 0. The number of carbonyl (C=O) groups excluding carboxylic acids is 1. The zero-order valence-corrected chi connectivity index (χ0v) is 18.2. The van der Waals surface area contributed by atoms with Gasteiger partial charge in [0.2, 0.25) is 0 Å². The topological polar surface area (TPSA) is 84.4 Å².